The summed E-state index contributed by atoms with van der Waals surface area (Å²) in [6.07, 6.45) is 2.96. The molecule has 8 heteroatoms. The lowest BCUT2D eigenvalue weighted by atomic mass is 10.2. The van der Waals surface area contributed by atoms with E-state index in [1.54, 1.807) is 14.0 Å². The van der Waals surface area contributed by atoms with Crippen LogP contribution in [0.5, 0.6) is 0 Å². The van der Waals surface area contributed by atoms with Crippen molar-refractivity contribution < 1.29 is 4.79 Å². The van der Waals surface area contributed by atoms with E-state index < -0.39 is 11.5 Å². The molecule has 22 heavy (non-hydrogen) atoms. The van der Waals surface area contributed by atoms with Crippen molar-refractivity contribution in [3.63, 3.8) is 0 Å². The van der Waals surface area contributed by atoms with E-state index in [0.29, 0.717) is 22.2 Å². The van der Waals surface area contributed by atoms with Crippen LogP contribution in [-0.2, 0) is 7.05 Å². The highest BCUT2D eigenvalue weighted by Crippen LogP contribution is 2.09. The molecular weight excluding hydrogens is 286 g/mol. The summed E-state index contributed by atoms with van der Waals surface area (Å²) in [6, 6.07) is 4.34. The second-order valence-electron chi connectivity index (χ2n) is 4.84. The largest absolute Gasteiger partial charge is 0.295 e. The van der Waals surface area contributed by atoms with Crippen molar-refractivity contribution in [2.75, 3.05) is 5.43 Å². The van der Waals surface area contributed by atoms with Gasteiger partial charge in [0, 0.05) is 31.1 Å². The Morgan fingerprint density at radius 2 is 1.95 bits per heavy atom. The molecule has 0 fully saturated rings. The maximum absolute atomic E-state index is 12.2. The van der Waals surface area contributed by atoms with Gasteiger partial charge in [-0.2, -0.15) is 0 Å². The van der Waals surface area contributed by atoms with Gasteiger partial charge in [-0.15, -0.1) is 0 Å². The fraction of sp³-hybridized carbons (Fsp3) is 0.143. The third-order valence-electron chi connectivity index (χ3n) is 3.42. The monoisotopic (exact) mass is 299 g/mol. The molecule has 2 N–H and O–H groups in total. The summed E-state index contributed by atoms with van der Waals surface area (Å²) in [5.74, 6) is -0.459. The van der Waals surface area contributed by atoms with Gasteiger partial charge in [-0.25, -0.2) is 4.68 Å². The molecule has 0 aliphatic rings. The Morgan fingerprint density at radius 1 is 1.27 bits per heavy atom. The zero-order chi connectivity index (χ0) is 15.9. The topological polar surface area (TPSA) is 102 Å². The summed E-state index contributed by atoms with van der Waals surface area (Å²) >= 11 is 0. The molecule has 3 rings (SSSR count). The van der Waals surface area contributed by atoms with Gasteiger partial charge in [-0.3, -0.25) is 34.6 Å². The molecule has 3 aromatic heterocycles. The van der Waals surface area contributed by atoms with Crippen LogP contribution in [0.15, 0.2) is 40.2 Å². The number of aromatic nitrogens is 4. The van der Waals surface area contributed by atoms with E-state index in [1.807, 2.05) is 0 Å². The van der Waals surface area contributed by atoms with Crippen LogP contribution in [0.2, 0.25) is 0 Å². The van der Waals surface area contributed by atoms with Gasteiger partial charge in [-0.1, -0.05) is 0 Å². The molecule has 0 saturated heterocycles. The standard InChI is InChI=1S/C14H13N5O3/c1-8-12-10(16-18(2)14(12)22)7-11(20)19(8)17-13(21)9-3-5-15-6-4-9/h3-7,16H,1-2H3,(H,17,21). The smallest absolute Gasteiger partial charge is 0.275 e. The Labute approximate surface area is 124 Å². The minimum Gasteiger partial charge on any atom is -0.295 e. The maximum Gasteiger partial charge on any atom is 0.275 e. The summed E-state index contributed by atoms with van der Waals surface area (Å²) in [7, 11) is 1.56. The normalized spacial score (nSPS) is 10.8. The van der Waals surface area contributed by atoms with Gasteiger partial charge >= 0.3 is 0 Å². The molecule has 0 aromatic carbocycles. The van der Waals surface area contributed by atoms with Gasteiger partial charge in [0.25, 0.3) is 17.0 Å². The van der Waals surface area contributed by atoms with Crippen LogP contribution in [0.3, 0.4) is 0 Å². The first-order valence-electron chi connectivity index (χ1n) is 6.52. The van der Waals surface area contributed by atoms with Crippen LogP contribution in [0, 0.1) is 6.92 Å². The summed E-state index contributed by atoms with van der Waals surface area (Å²) in [4.78, 5) is 40.2. The fourth-order valence-corrected chi connectivity index (χ4v) is 2.30. The van der Waals surface area contributed by atoms with Crippen LogP contribution in [-0.4, -0.2) is 25.3 Å². The molecule has 0 spiro atoms. The fourth-order valence-electron chi connectivity index (χ4n) is 2.30. The van der Waals surface area contributed by atoms with Crippen molar-refractivity contribution in [1.29, 1.82) is 0 Å². The van der Waals surface area contributed by atoms with Gasteiger partial charge in [0.15, 0.2) is 0 Å². The first-order chi connectivity index (χ1) is 10.5. The Bertz CT molecular complexity index is 981. The molecule has 1 amide bonds. The summed E-state index contributed by atoms with van der Waals surface area (Å²) in [6.45, 7) is 1.60. The number of hydrogen-bond donors (Lipinski definition) is 2. The summed E-state index contributed by atoms with van der Waals surface area (Å²) in [5, 5.41) is 3.15. The lowest BCUT2D eigenvalue weighted by Gasteiger charge is -2.11. The summed E-state index contributed by atoms with van der Waals surface area (Å²) in [5.41, 5.74) is 2.96. The molecule has 0 aliphatic heterocycles. The molecule has 0 atom stereocenters. The molecule has 112 valence electrons. The molecule has 0 unspecified atom stereocenters. The van der Waals surface area contributed by atoms with Gasteiger partial charge in [0.2, 0.25) is 0 Å². The lowest BCUT2D eigenvalue weighted by Crippen LogP contribution is -2.34. The maximum atomic E-state index is 12.2. The molecule has 0 aliphatic carbocycles. The number of hydrogen-bond acceptors (Lipinski definition) is 4. The SMILES string of the molecule is Cc1c2c(=O)n(C)[nH]c2cc(=O)n1NC(=O)c1ccncc1. The number of nitrogens with zero attached hydrogens (tertiary/aromatic N) is 3. The quantitative estimate of drug-likeness (QED) is 0.701. The third kappa shape index (κ3) is 2.10. The Morgan fingerprint density at radius 3 is 2.64 bits per heavy atom. The van der Waals surface area contributed by atoms with E-state index in [-0.39, 0.29) is 5.56 Å². The van der Waals surface area contributed by atoms with Crippen molar-refractivity contribution in [1.82, 2.24) is 19.4 Å². The van der Waals surface area contributed by atoms with Crippen molar-refractivity contribution in [2.24, 2.45) is 7.05 Å². The van der Waals surface area contributed by atoms with Crippen LogP contribution < -0.4 is 16.5 Å². The van der Waals surface area contributed by atoms with Gasteiger partial charge in [0.05, 0.1) is 16.6 Å². The number of aromatic amines is 1. The number of carbonyl (C=O) groups is 1. The highest BCUT2D eigenvalue weighted by atomic mass is 16.2. The predicted octanol–water partition coefficient (Wildman–Crippen LogP) is 0.116. The summed E-state index contributed by atoms with van der Waals surface area (Å²) < 4.78 is 2.35. The molecule has 0 bridgehead atoms. The minimum absolute atomic E-state index is 0.264. The Hall–Kier alpha value is -3.16. The number of pyridine rings is 2. The van der Waals surface area contributed by atoms with Gasteiger partial charge in [-0.05, 0) is 19.1 Å². The van der Waals surface area contributed by atoms with Crippen LogP contribution in [0.4, 0.5) is 0 Å². The van der Waals surface area contributed by atoms with E-state index in [0.717, 1.165) is 4.68 Å². The average molecular weight is 299 g/mol. The van der Waals surface area contributed by atoms with E-state index in [2.05, 4.69) is 15.5 Å². The number of aryl methyl sites for hydroxylation is 2. The number of fused-ring (bicyclic) bond motifs is 1. The zero-order valence-electron chi connectivity index (χ0n) is 12.0. The second-order valence-corrected chi connectivity index (χ2v) is 4.84. The highest BCUT2D eigenvalue weighted by molar-refractivity contribution is 6.00. The number of nitrogens with one attached hydrogen (secondary N) is 2. The molecule has 0 saturated carbocycles. The Balaban J connectivity index is 2.12. The van der Waals surface area contributed by atoms with Crippen LogP contribution >= 0.6 is 0 Å². The molecule has 0 radical (unpaired) electrons. The van der Waals surface area contributed by atoms with Crippen molar-refractivity contribution in [3.8, 4) is 0 Å². The molecule has 3 aromatic rings. The van der Waals surface area contributed by atoms with Crippen molar-refractivity contribution in [2.45, 2.75) is 6.92 Å². The predicted molar refractivity (Wildman–Crippen MR) is 80.5 cm³/mol. The number of amides is 1. The van der Waals surface area contributed by atoms with Gasteiger partial charge in [0.1, 0.15) is 0 Å². The highest BCUT2D eigenvalue weighted by Gasteiger charge is 2.15. The number of rotatable bonds is 2. The first-order valence-corrected chi connectivity index (χ1v) is 6.52. The average Bonchev–Trinajstić information content (AvgIpc) is 2.79. The molecule has 8 nitrogen and oxygen atoms in total. The van der Waals surface area contributed by atoms with E-state index >= 15 is 0 Å². The minimum atomic E-state index is -0.459. The number of H-pyrrole nitrogens is 1. The van der Waals surface area contributed by atoms with Gasteiger partial charge < -0.3 is 0 Å². The first kappa shape index (κ1) is 13.8. The van der Waals surface area contributed by atoms with Crippen molar-refractivity contribution in [3.05, 3.63) is 62.6 Å². The lowest BCUT2D eigenvalue weighted by molar-refractivity contribution is 0.101. The van der Waals surface area contributed by atoms with Crippen LogP contribution in [0.1, 0.15) is 16.1 Å². The zero-order valence-corrected chi connectivity index (χ0v) is 12.0. The van der Waals surface area contributed by atoms with E-state index in [9.17, 15) is 14.4 Å². The third-order valence-corrected chi connectivity index (χ3v) is 3.42. The van der Waals surface area contributed by atoms with E-state index in [1.165, 1.54) is 35.3 Å². The van der Waals surface area contributed by atoms with E-state index in [4.69, 9.17) is 0 Å². The molecule has 3 heterocycles. The molecular formula is C14H13N5O3. The Kier molecular flexibility index (Phi) is 3.13. The van der Waals surface area contributed by atoms with Crippen molar-refractivity contribution >= 4 is 16.8 Å². The van der Waals surface area contributed by atoms with Crippen LogP contribution in [0.25, 0.3) is 10.9 Å². The number of carbonyl (C=O) groups excluding carboxylic acids is 1. The second kappa shape index (κ2) is 4.99.